The fraction of sp³-hybridized carbons (Fsp3) is 0.0667. The highest BCUT2D eigenvalue weighted by atomic mass is 79.9. The zero-order valence-corrected chi connectivity index (χ0v) is 12.4. The lowest BCUT2D eigenvalue weighted by Crippen LogP contribution is -2.17. The molecular formula is C15H11BrFNO3. The molecule has 0 atom stereocenters. The van der Waals surface area contributed by atoms with Gasteiger partial charge in [0, 0.05) is 4.47 Å². The standard InChI is InChI=1S/C15H11BrFNO3/c16-10-6-4-9(5-7-10)8-13(19)18-12-3-1-2-11(17)14(12)15(20)21/h1-7H,8H2,(H,18,19)(H,20,21). The third kappa shape index (κ3) is 3.88. The lowest BCUT2D eigenvalue weighted by Gasteiger charge is -2.09. The molecule has 0 bridgehead atoms. The molecule has 2 rings (SSSR count). The predicted octanol–water partition coefficient (Wildman–Crippen LogP) is 3.47. The van der Waals surface area contributed by atoms with E-state index >= 15 is 0 Å². The van der Waals surface area contributed by atoms with Gasteiger partial charge in [-0.3, -0.25) is 4.79 Å². The Kier molecular flexibility index (Phi) is 4.70. The maximum Gasteiger partial charge on any atom is 0.340 e. The smallest absolute Gasteiger partial charge is 0.340 e. The van der Waals surface area contributed by atoms with E-state index in [-0.39, 0.29) is 12.1 Å². The number of aromatic carboxylic acids is 1. The maximum absolute atomic E-state index is 13.5. The molecule has 0 saturated heterocycles. The Morgan fingerprint density at radius 2 is 1.81 bits per heavy atom. The first kappa shape index (κ1) is 15.2. The van der Waals surface area contributed by atoms with Gasteiger partial charge in [0.15, 0.2) is 0 Å². The van der Waals surface area contributed by atoms with Crippen molar-refractivity contribution in [1.29, 1.82) is 0 Å². The van der Waals surface area contributed by atoms with E-state index in [1.807, 2.05) is 0 Å². The summed E-state index contributed by atoms with van der Waals surface area (Å²) in [5, 5.41) is 11.4. The van der Waals surface area contributed by atoms with Crippen LogP contribution in [0.15, 0.2) is 46.9 Å². The average molecular weight is 352 g/mol. The van der Waals surface area contributed by atoms with Crippen LogP contribution in [0.25, 0.3) is 0 Å². The normalized spacial score (nSPS) is 10.2. The number of anilines is 1. The van der Waals surface area contributed by atoms with Crippen LogP contribution in [0.5, 0.6) is 0 Å². The Morgan fingerprint density at radius 1 is 1.14 bits per heavy atom. The Morgan fingerprint density at radius 3 is 2.43 bits per heavy atom. The van der Waals surface area contributed by atoms with E-state index in [0.29, 0.717) is 0 Å². The van der Waals surface area contributed by atoms with Crippen LogP contribution in [0.2, 0.25) is 0 Å². The maximum atomic E-state index is 13.5. The van der Waals surface area contributed by atoms with E-state index in [4.69, 9.17) is 5.11 Å². The second-order valence-corrected chi connectivity index (χ2v) is 5.23. The lowest BCUT2D eigenvalue weighted by molar-refractivity contribution is -0.115. The molecule has 0 aromatic heterocycles. The molecular weight excluding hydrogens is 341 g/mol. The number of carbonyl (C=O) groups excluding carboxylic acids is 1. The van der Waals surface area contributed by atoms with Crippen LogP contribution in [0, 0.1) is 5.82 Å². The van der Waals surface area contributed by atoms with Gasteiger partial charge in [0.25, 0.3) is 0 Å². The first-order valence-corrected chi connectivity index (χ1v) is 6.83. The number of hydrogen-bond acceptors (Lipinski definition) is 2. The number of carboxylic acid groups (broad SMARTS) is 1. The number of carbonyl (C=O) groups is 2. The zero-order valence-electron chi connectivity index (χ0n) is 10.8. The van der Waals surface area contributed by atoms with E-state index in [9.17, 15) is 14.0 Å². The van der Waals surface area contributed by atoms with Crippen LogP contribution in [0.3, 0.4) is 0 Å². The first-order chi connectivity index (χ1) is 9.97. The minimum atomic E-state index is -1.42. The molecule has 108 valence electrons. The van der Waals surface area contributed by atoms with Crippen LogP contribution in [-0.2, 0) is 11.2 Å². The molecule has 6 heteroatoms. The number of halogens is 2. The van der Waals surface area contributed by atoms with Crippen molar-refractivity contribution < 1.29 is 19.1 Å². The minimum Gasteiger partial charge on any atom is -0.478 e. The van der Waals surface area contributed by atoms with E-state index < -0.39 is 23.3 Å². The summed E-state index contributed by atoms with van der Waals surface area (Å²) >= 11 is 3.29. The molecule has 0 unspecified atom stereocenters. The van der Waals surface area contributed by atoms with Crippen molar-refractivity contribution in [2.75, 3.05) is 5.32 Å². The molecule has 0 fully saturated rings. The number of rotatable bonds is 4. The molecule has 21 heavy (non-hydrogen) atoms. The number of amides is 1. The fourth-order valence-electron chi connectivity index (χ4n) is 1.83. The van der Waals surface area contributed by atoms with Crippen molar-refractivity contribution in [2.45, 2.75) is 6.42 Å². The van der Waals surface area contributed by atoms with Crippen LogP contribution < -0.4 is 5.32 Å². The van der Waals surface area contributed by atoms with E-state index in [1.54, 1.807) is 24.3 Å². The quantitative estimate of drug-likeness (QED) is 0.886. The van der Waals surface area contributed by atoms with Gasteiger partial charge in [-0.2, -0.15) is 0 Å². The lowest BCUT2D eigenvalue weighted by atomic mass is 10.1. The highest BCUT2D eigenvalue weighted by Gasteiger charge is 2.17. The van der Waals surface area contributed by atoms with Gasteiger partial charge in [-0.1, -0.05) is 34.1 Å². The topological polar surface area (TPSA) is 66.4 Å². The van der Waals surface area contributed by atoms with Gasteiger partial charge in [0.2, 0.25) is 5.91 Å². The number of benzene rings is 2. The van der Waals surface area contributed by atoms with E-state index in [0.717, 1.165) is 16.1 Å². The molecule has 2 N–H and O–H groups in total. The highest BCUT2D eigenvalue weighted by molar-refractivity contribution is 9.10. The Balaban J connectivity index is 2.15. The Hall–Kier alpha value is -2.21. The fourth-order valence-corrected chi connectivity index (χ4v) is 2.09. The summed E-state index contributed by atoms with van der Waals surface area (Å²) in [5.74, 6) is -2.72. The number of hydrogen-bond donors (Lipinski definition) is 2. The third-order valence-electron chi connectivity index (χ3n) is 2.78. The van der Waals surface area contributed by atoms with Crippen LogP contribution in [0.4, 0.5) is 10.1 Å². The van der Waals surface area contributed by atoms with Crippen molar-refractivity contribution in [3.63, 3.8) is 0 Å². The Labute approximate surface area is 128 Å². The molecule has 0 radical (unpaired) electrons. The molecule has 1 amide bonds. The summed E-state index contributed by atoms with van der Waals surface area (Å²) in [6, 6.07) is 10.9. The van der Waals surface area contributed by atoms with Crippen molar-refractivity contribution in [3.05, 3.63) is 63.9 Å². The van der Waals surface area contributed by atoms with Gasteiger partial charge in [-0.25, -0.2) is 9.18 Å². The summed E-state index contributed by atoms with van der Waals surface area (Å²) in [7, 11) is 0. The molecule has 4 nitrogen and oxygen atoms in total. The third-order valence-corrected chi connectivity index (χ3v) is 3.31. The van der Waals surface area contributed by atoms with E-state index in [2.05, 4.69) is 21.2 Å². The Bertz CT molecular complexity index is 686. The molecule has 2 aromatic rings. The predicted molar refractivity (Wildman–Crippen MR) is 79.8 cm³/mol. The summed E-state index contributed by atoms with van der Waals surface area (Å²) < 4.78 is 14.4. The van der Waals surface area contributed by atoms with Crippen molar-refractivity contribution in [2.24, 2.45) is 0 Å². The van der Waals surface area contributed by atoms with Crippen molar-refractivity contribution in [1.82, 2.24) is 0 Å². The van der Waals surface area contributed by atoms with Gasteiger partial charge < -0.3 is 10.4 Å². The molecule has 0 saturated carbocycles. The molecule has 0 aliphatic carbocycles. The van der Waals surface area contributed by atoms with Gasteiger partial charge in [-0.05, 0) is 29.8 Å². The summed E-state index contributed by atoms with van der Waals surface area (Å²) in [5.41, 5.74) is 0.176. The van der Waals surface area contributed by atoms with Gasteiger partial charge in [0.1, 0.15) is 11.4 Å². The monoisotopic (exact) mass is 351 g/mol. The van der Waals surface area contributed by atoms with E-state index in [1.165, 1.54) is 12.1 Å². The highest BCUT2D eigenvalue weighted by Crippen LogP contribution is 2.19. The molecule has 0 aliphatic rings. The summed E-state index contributed by atoms with van der Waals surface area (Å²) in [6.07, 6.45) is 0.0723. The van der Waals surface area contributed by atoms with Crippen LogP contribution in [0.1, 0.15) is 15.9 Å². The summed E-state index contributed by atoms with van der Waals surface area (Å²) in [6.45, 7) is 0. The molecule has 0 heterocycles. The van der Waals surface area contributed by atoms with Crippen LogP contribution >= 0.6 is 15.9 Å². The molecule has 0 spiro atoms. The molecule has 2 aromatic carbocycles. The van der Waals surface area contributed by atoms with Gasteiger partial charge in [0.05, 0.1) is 12.1 Å². The second kappa shape index (κ2) is 6.49. The first-order valence-electron chi connectivity index (χ1n) is 6.03. The van der Waals surface area contributed by atoms with Crippen molar-refractivity contribution >= 4 is 33.5 Å². The number of carboxylic acids is 1. The van der Waals surface area contributed by atoms with Crippen molar-refractivity contribution in [3.8, 4) is 0 Å². The largest absolute Gasteiger partial charge is 0.478 e. The summed E-state index contributed by atoms with van der Waals surface area (Å²) in [4.78, 5) is 22.9. The minimum absolute atomic E-state index is 0.0513. The zero-order chi connectivity index (χ0) is 15.4. The SMILES string of the molecule is O=C(Cc1ccc(Br)cc1)Nc1cccc(F)c1C(=O)O. The van der Waals surface area contributed by atoms with Crippen LogP contribution in [-0.4, -0.2) is 17.0 Å². The number of nitrogens with one attached hydrogen (secondary N) is 1. The molecule has 0 aliphatic heterocycles. The average Bonchev–Trinajstić information content (AvgIpc) is 2.41. The van der Waals surface area contributed by atoms with Gasteiger partial charge in [-0.15, -0.1) is 0 Å². The second-order valence-electron chi connectivity index (χ2n) is 4.32. The van der Waals surface area contributed by atoms with Gasteiger partial charge >= 0.3 is 5.97 Å².